The van der Waals surface area contributed by atoms with Gasteiger partial charge in [-0.1, -0.05) is 24.1 Å². The number of rotatable bonds is 6. The summed E-state index contributed by atoms with van der Waals surface area (Å²) in [7, 11) is -2.25. The molecule has 7 nitrogen and oxygen atoms in total. The number of carbonyl (C=O) groups excluding carboxylic acids is 1. The standard InChI is InChI=1S/C22H22ClN3O4S2/c1-30-17-10-8-15(9-11-17)19-14-31-22(24-19)25-21(27)20-7-2-3-12-26(20)32(28,29)18-6-4-5-16(23)13-18/h4-6,8-11,13-14,20H,2-3,7,12H2,1H3,(H,24,25,27)/t20-/m1/s1. The van der Waals surface area contributed by atoms with Crippen LogP contribution in [0, 0.1) is 0 Å². The number of piperidine rings is 1. The molecule has 0 spiro atoms. The number of hydrogen-bond donors (Lipinski definition) is 1. The number of methoxy groups -OCH3 is 1. The molecule has 0 bridgehead atoms. The maximum Gasteiger partial charge on any atom is 0.244 e. The van der Waals surface area contributed by atoms with Crippen molar-refractivity contribution in [3.05, 3.63) is 58.9 Å². The molecule has 0 aliphatic carbocycles. The summed E-state index contributed by atoms with van der Waals surface area (Å²) in [6.07, 6.45) is 1.92. The van der Waals surface area contributed by atoms with E-state index in [0.29, 0.717) is 23.0 Å². The summed E-state index contributed by atoms with van der Waals surface area (Å²) < 4.78 is 32.9. The summed E-state index contributed by atoms with van der Waals surface area (Å²) in [6, 6.07) is 12.8. The van der Waals surface area contributed by atoms with Crippen molar-refractivity contribution in [1.29, 1.82) is 0 Å². The zero-order valence-electron chi connectivity index (χ0n) is 17.3. The van der Waals surface area contributed by atoms with Gasteiger partial charge in [0.05, 0.1) is 17.7 Å². The van der Waals surface area contributed by atoms with E-state index in [2.05, 4.69) is 10.3 Å². The summed E-state index contributed by atoms with van der Waals surface area (Å²) in [5.74, 6) is 0.363. The van der Waals surface area contributed by atoms with Crippen molar-refractivity contribution in [2.24, 2.45) is 0 Å². The van der Waals surface area contributed by atoms with Gasteiger partial charge in [-0.2, -0.15) is 4.31 Å². The van der Waals surface area contributed by atoms with Crippen molar-refractivity contribution >= 4 is 44.0 Å². The van der Waals surface area contributed by atoms with Crippen LogP contribution in [0.2, 0.25) is 5.02 Å². The number of nitrogens with zero attached hydrogens (tertiary/aromatic N) is 2. The van der Waals surface area contributed by atoms with E-state index in [1.54, 1.807) is 19.2 Å². The van der Waals surface area contributed by atoms with Crippen LogP contribution in [0.25, 0.3) is 11.3 Å². The zero-order chi connectivity index (χ0) is 22.7. The Morgan fingerprint density at radius 1 is 1.22 bits per heavy atom. The highest BCUT2D eigenvalue weighted by molar-refractivity contribution is 7.89. The average Bonchev–Trinajstić information content (AvgIpc) is 3.27. The molecule has 1 amide bonds. The fraction of sp³-hybridized carbons (Fsp3) is 0.273. The molecule has 4 rings (SSSR count). The second-order valence-electron chi connectivity index (χ2n) is 7.34. The van der Waals surface area contributed by atoms with E-state index in [-0.39, 0.29) is 17.3 Å². The van der Waals surface area contributed by atoms with Gasteiger partial charge in [-0.25, -0.2) is 13.4 Å². The van der Waals surface area contributed by atoms with Gasteiger partial charge in [-0.15, -0.1) is 11.3 Å². The lowest BCUT2D eigenvalue weighted by Gasteiger charge is -2.33. The predicted molar refractivity (Wildman–Crippen MR) is 126 cm³/mol. The molecule has 1 aliphatic heterocycles. The number of halogens is 1. The lowest BCUT2D eigenvalue weighted by molar-refractivity contribution is -0.120. The predicted octanol–water partition coefficient (Wildman–Crippen LogP) is 4.65. The maximum atomic E-state index is 13.2. The van der Waals surface area contributed by atoms with E-state index in [1.807, 2.05) is 29.6 Å². The van der Waals surface area contributed by atoms with Gasteiger partial charge in [0.2, 0.25) is 15.9 Å². The highest BCUT2D eigenvalue weighted by atomic mass is 35.5. The molecule has 1 fully saturated rings. The molecule has 168 valence electrons. The van der Waals surface area contributed by atoms with Crippen LogP contribution in [0.15, 0.2) is 58.8 Å². The number of hydrogen-bond acceptors (Lipinski definition) is 6. The topological polar surface area (TPSA) is 88.6 Å². The summed E-state index contributed by atoms with van der Waals surface area (Å²) in [4.78, 5) is 17.6. The molecule has 2 heterocycles. The minimum atomic E-state index is -3.86. The third-order valence-corrected chi connectivity index (χ3v) is 8.18. The molecular formula is C22H22ClN3O4S2. The molecule has 1 saturated heterocycles. The monoisotopic (exact) mass is 491 g/mol. The smallest absolute Gasteiger partial charge is 0.244 e. The van der Waals surface area contributed by atoms with Gasteiger partial charge in [0, 0.05) is 22.5 Å². The highest BCUT2D eigenvalue weighted by Crippen LogP contribution is 2.30. The van der Waals surface area contributed by atoms with E-state index >= 15 is 0 Å². The highest BCUT2D eigenvalue weighted by Gasteiger charge is 2.38. The summed E-state index contributed by atoms with van der Waals surface area (Å²) in [5.41, 5.74) is 1.62. The van der Waals surface area contributed by atoms with Gasteiger partial charge in [0.25, 0.3) is 0 Å². The molecule has 1 atom stereocenters. The van der Waals surface area contributed by atoms with Crippen LogP contribution in [0.3, 0.4) is 0 Å². The van der Waals surface area contributed by atoms with Gasteiger partial charge < -0.3 is 10.1 Å². The van der Waals surface area contributed by atoms with Crippen LogP contribution in [0.4, 0.5) is 5.13 Å². The van der Waals surface area contributed by atoms with Crippen LogP contribution >= 0.6 is 22.9 Å². The Morgan fingerprint density at radius 2 is 2.00 bits per heavy atom. The molecule has 1 N–H and O–H groups in total. The van der Waals surface area contributed by atoms with Crippen LogP contribution in [-0.4, -0.2) is 43.3 Å². The van der Waals surface area contributed by atoms with E-state index in [9.17, 15) is 13.2 Å². The van der Waals surface area contributed by atoms with E-state index in [1.165, 1.54) is 27.8 Å². The van der Waals surface area contributed by atoms with Crippen molar-refractivity contribution in [1.82, 2.24) is 9.29 Å². The Labute approximate surface area is 196 Å². The quantitative estimate of drug-likeness (QED) is 0.542. The number of benzene rings is 2. The number of aromatic nitrogens is 1. The van der Waals surface area contributed by atoms with Crippen molar-refractivity contribution in [2.45, 2.75) is 30.2 Å². The Balaban J connectivity index is 1.52. The fourth-order valence-corrected chi connectivity index (χ4v) is 6.31. The lowest BCUT2D eigenvalue weighted by atomic mass is 10.0. The summed E-state index contributed by atoms with van der Waals surface area (Å²) >= 11 is 7.28. The van der Waals surface area contributed by atoms with E-state index < -0.39 is 16.1 Å². The number of nitrogens with one attached hydrogen (secondary N) is 1. The first-order valence-electron chi connectivity index (χ1n) is 10.1. The maximum absolute atomic E-state index is 13.2. The minimum absolute atomic E-state index is 0.0840. The third kappa shape index (κ3) is 4.80. The van der Waals surface area contributed by atoms with Gasteiger partial charge in [-0.05, 0) is 55.3 Å². The first-order chi connectivity index (χ1) is 15.4. The van der Waals surface area contributed by atoms with Crippen LogP contribution < -0.4 is 10.1 Å². The number of ether oxygens (including phenoxy) is 1. The van der Waals surface area contributed by atoms with E-state index in [0.717, 1.165) is 23.4 Å². The van der Waals surface area contributed by atoms with Crippen molar-refractivity contribution in [3.8, 4) is 17.0 Å². The number of carbonyl (C=O) groups is 1. The van der Waals surface area contributed by atoms with Gasteiger partial charge in [0.15, 0.2) is 5.13 Å². The molecule has 3 aromatic rings. The van der Waals surface area contributed by atoms with Crippen molar-refractivity contribution in [3.63, 3.8) is 0 Å². The molecule has 1 aromatic heterocycles. The zero-order valence-corrected chi connectivity index (χ0v) is 19.7. The van der Waals surface area contributed by atoms with Gasteiger partial charge in [0.1, 0.15) is 11.8 Å². The number of thiazole rings is 1. The minimum Gasteiger partial charge on any atom is -0.497 e. The Bertz CT molecular complexity index is 1210. The third-order valence-electron chi connectivity index (χ3n) is 5.28. The fourth-order valence-electron chi connectivity index (χ4n) is 3.63. The van der Waals surface area contributed by atoms with Crippen LogP contribution in [0.5, 0.6) is 5.75 Å². The summed E-state index contributed by atoms with van der Waals surface area (Å²) in [5, 5.41) is 5.40. The van der Waals surface area contributed by atoms with Crippen molar-refractivity contribution in [2.75, 3.05) is 19.0 Å². The normalized spacial score (nSPS) is 17.1. The molecule has 32 heavy (non-hydrogen) atoms. The van der Waals surface area contributed by atoms with Gasteiger partial charge in [-0.3, -0.25) is 4.79 Å². The first-order valence-corrected chi connectivity index (χ1v) is 12.8. The number of anilines is 1. The van der Waals surface area contributed by atoms with Crippen LogP contribution in [-0.2, 0) is 14.8 Å². The number of sulfonamides is 1. The lowest BCUT2D eigenvalue weighted by Crippen LogP contribution is -2.49. The Hall–Kier alpha value is -2.46. The molecular weight excluding hydrogens is 470 g/mol. The average molecular weight is 492 g/mol. The molecule has 0 saturated carbocycles. The second kappa shape index (κ2) is 9.58. The largest absolute Gasteiger partial charge is 0.497 e. The second-order valence-corrected chi connectivity index (χ2v) is 10.5. The number of amides is 1. The summed E-state index contributed by atoms with van der Waals surface area (Å²) in [6.45, 7) is 0.280. The first kappa shape index (κ1) is 22.7. The molecule has 1 aliphatic rings. The van der Waals surface area contributed by atoms with E-state index in [4.69, 9.17) is 16.3 Å². The van der Waals surface area contributed by atoms with Crippen LogP contribution in [0.1, 0.15) is 19.3 Å². The Kier molecular flexibility index (Phi) is 6.80. The van der Waals surface area contributed by atoms with Gasteiger partial charge >= 0.3 is 0 Å². The molecule has 0 unspecified atom stereocenters. The SMILES string of the molecule is COc1ccc(-c2csc(NC(=O)[C@H]3CCCCN3S(=O)(=O)c3cccc(Cl)c3)n2)cc1. The Morgan fingerprint density at radius 3 is 2.72 bits per heavy atom. The molecule has 10 heteroatoms. The van der Waals surface area contributed by atoms with Crippen molar-refractivity contribution < 1.29 is 17.9 Å². The molecule has 0 radical (unpaired) electrons. The molecule has 2 aromatic carbocycles.